The molecule has 0 bridgehead atoms. The molecule has 0 unspecified atom stereocenters. The number of para-hydroxylation sites is 1. The van der Waals surface area contributed by atoms with E-state index in [9.17, 15) is 4.79 Å². The Morgan fingerprint density at radius 1 is 1.41 bits per heavy atom. The highest BCUT2D eigenvalue weighted by Crippen LogP contribution is 2.32. The van der Waals surface area contributed by atoms with Crippen molar-refractivity contribution >= 4 is 45.3 Å². The molecule has 3 rings (SSSR count). The maximum Gasteiger partial charge on any atom is 0.265 e. The average Bonchev–Trinajstić information content (AvgIpc) is 3.02. The molecule has 22 heavy (non-hydrogen) atoms. The molecule has 1 fully saturated rings. The molecule has 1 aromatic carbocycles. The SMILES string of the molecule is C=CCN1C(=O)CS/C1=C\c1sc2ccccc2[n+]1CC.[Cl-]. The van der Waals surface area contributed by atoms with Crippen LogP contribution < -0.4 is 17.0 Å². The molecule has 0 saturated carbocycles. The van der Waals surface area contributed by atoms with E-state index in [1.807, 2.05) is 4.90 Å². The Morgan fingerprint density at radius 3 is 2.91 bits per heavy atom. The van der Waals surface area contributed by atoms with Gasteiger partial charge in [-0.3, -0.25) is 4.79 Å². The van der Waals surface area contributed by atoms with Gasteiger partial charge in [0.15, 0.2) is 0 Å². The minimum absolute atomic E-state index is 0. The van der Waals surface area contributed by atoms with Crippen molar-refractivity contribution in [2.75, 3.05) is 12.3 Å². The van der Waals surface area contributed by atoms with E-state index in [0.29, 0.717) is 12.3 Å². The van der Waals surface area contributed by atoms with E-state index in [-0.39, 0.29) is 18.3 Å². The maximum absolute atomic E-state index is 11.9. The Labute approximate surface area is 144 Å². The molecule has 6 heteroatoms. The van der Waals surface area contributed by atoms with Gasteiger partial charge >= 0.3 is 0 Å². The van der Waals surface area contributed by atoms with Gasteiger partial charge in [0.05, 0.1) is 16.9 Å². The van der Waals surface area contributed by atoms with E-state index in [2.05, 4.69) is 48.4 Å². The maximum atomic E-state index is 11.9. The van der Waals surface area contributed by atoms with Crippen molar-refractivity contribution in [1.29, 1.82) is 0 Å². The summed E-state index contributed by atoms with van der Waals surface area (Å²) in [6, 6.07) is 8.41. The molecule has 0 radical (unpaired) electrons. The van der Waals surface area contributed by atoms with E-state index in [4.69, 9.17) is 0 Å². The van der Waals surface area contributed by atoms with Crippen molar-refractivity contribution in [2.45, 2.75) is 13.5 Å². The summed E-state index contributed by atoms with van der Waals surface area (Å²) in [7, 11) is 0. The molecular formula is C16H17ClN2OS2. The van der Waals surface area contributed by atoms with Crippen LogP contribution in [-0.4, -0.2) is 23.1 Å². The van der Waals surface area contributed by atoms with Gasteiger partial charge in [0.2, 0.25) is 11.4 Å². The molecule has 1 aromatic heterocycles. The van der Waals surface area contributed by atoms with Crippen LogP contribution in [0.25, 0.3) is 16.3 Å². The van der Waals surface area contributed by atoms with E-state index < -0.39 is 0 Å². The number of aromatic nitrogens is 1. The zero-order valence-electron chi connectivity index (χ0n) is 12.3. The molecule has 0 N–H and O–H groups in total. The summed E-state index contributed by atoms with van der Waals surface area (Å²) >= 11 is 3.37. The van der Waals surface area contributed by atoms with Crippen molar-refractivity contribution in [3.8, 4) is 0 Å². The highest BCUT2D eigenvalue weighted by atomic mass is 35.5. The number of nitrogens with zero attached hydrogens (tertiary/aromatic N) is 2. The summed E-state index contributed by atoms with van der Waals surface area (Å²) < 4.78 is 3.57. The number of hydrogen-bond acceptors (Lipinski definition) is 3. The Morgan fingerprint density at radius 2 is 2.18 bits per heavy atom. The van der Waals surface area contributed by atoms with Crippen LogP contribution in [0.5, 0.6) is 0 Å². The lowest BCUT2D eigenvalue weighted by Gasteiger charge is -2.13. The monoisotopic (exact) mass is 352 g/mol. The van der Waals surface area contributed by atoms with E-state index >= 15 is 0 Å². The van der Waals surface area contributed by atoms with Crippen LogP contribution in [0.3, 0.4) is 0 Å². The number of thiazole rings is 1. The van der Waals surface area contributed by atoms with Gasteiger partial charge in [-0.1, -0.05) is 41.3 Å². The number of rotatable bonds is 4. The molecule has 116 valence electrons. The smallest absolute Gasteiger partial charge is 0.265 e. The highest BCUT2D eigenvalue weighted by molar-refractivity contribution is 8.04. The Hall–Kier alpha value is -1.30. The van der Waals surface area contributed by atoms with Gasteiger partial charge in [-0.2, -0.15) is 4.57 Å². The van der Waals surface area contributed by atoms with Crippen LogP contribution in [0.4, 0.5) is 0 Å². The Bertz CT molecular complexity index is 739. The zero-order chi connectivity index (χ0) is 14.8. The second-order valence-electron chi connectivity index (χ2n) is 4.72. The summed E-state index contributed by atoms with van der Waals surface area (Å²) in [6.45, 7) is 7.38. The number of hydrogen-bond donors (Lipinski definition) is 0. The lowest BCUT2D eigenvalue weighted by Crippen LogP contribution is -3.00. The molecule has 0 spiro atoms. The highest BCUT2D eigenvalue weighted by Gasteiger charge is 2.27. The number of amides is 1. The van der Waals surface area contributed by atoms with Crippen LogP contribution in [0, 0.1) is 0 Å². The number of aryl methyl sites for hydroxylation is 1. The number of carbonyl (C=O) groups excluding carboxylic acids is 1. The molecule has 1 aliphatic heterocycles. The number of fused-ring (bicyclic) bond motifs is 1. The predicted octanol–water partition coefficient (Wildman–Crippen LogP) is 0.272. The standard InChI is InChI=1S/C16H17N2OS2.ClH/c1-3-9-18-14(19)11-20-15(18)10-16-17(4-2)12-7-5-6-8-13(12)21-16;/h3,5-8,10H,1,4,9,11H2,2H3;1H/q+1;/p-1. The third-order valence-electron chi connectivity index (χ3n) is 3.42. The second-order valence-corrected chi connectivity index (χ2v) is 6.77. The first-order valence-corrected chi connectivity index (χ1v) is 8.72. The van der Waals surface area contributed by atoms with Crippen molar-refractivity contribution in [3.63, 3.8) is 0 Å². The summed E-state index contributed by atoms with van der Waals surface area (Å²) in [5, 5.41) is 2.21. The van der Waals surface area contributed by atoms with Gasteiger partial charge in [0, 0.05) is 12.6 Å². The van der Waals surface area contributed by atoms with Crippen molar-refractivity contribution < 1.29 is 21.8 Å². The second kappa shape index (κ2) is 7.31. The Balaban J connectivity index is 0.00000176. The molecule has 0 aliphatic carbocycles. The van der Waals surface area contributed by atoms with Gasteiger partial charge in [-0.05, 0) is 13.0 Å². The quantitative estimate of drug-likeness (QED) is 0.583. The van der Waals surface area contributed by atoms with Crippen LogP contribution in [-0.2, 0) is 11.3 Å². The average molecular weight is 353 g/mol. The lowest BCUT2D eigenvalue weighted by atomic mass is 10.3. The van der Waals surface area contributed by atoms with Crippen LogP contribution in [0.2, 0.25) is 0 Å². The fourth-order valence-electron chi connectivity index (χ4n) is 2.45. The van der Waals surface area contributed by atoms with Gasteiger partial charge in [0.25, 0.3) is 5.01 Å². The van der Waals surface area contributed by atoms with Crippen LogP contribution in [0.1, 0.15) is 11.9 Å². The summed E-state index contributed by atoms with van der Waals surface area (Å²) in [5.74, 6) is 0.687. The van der Waals surface area contributed by atoms with Gasteiger partial charge in [-0.25, -0.2) is 0 Å². The van der Waals surface area contributed by atoms with Crippen molar-refractivity contribution in [2.24, 2.45) is 0 Å². The fraction of sp³-hybridized carbons (Fsp3) is 0.250. The molecule has 1 amide bonds. The van der Waals surface area contributed by atoms with Crippen molar-refractivity contribution in [1.82, 2.24) is 4.90 Å². The Kier molecular flexibility index (Phi) is 5.67. The fourth-order valence-corrected chi connectivity index (χ4v) is 4.64. The molecule has 1 saturated heterocycles. The molecule has 2 heterocycles. The first-order valence-electron chi connectivity index (χ1n) is 6.91. The van der Waals surface area contributed by atoms with E-state index in [0.717, 1.165) is 11.6 Å². The first-order chi connectivity index (χ1) is 10.2. The first kappa shape index (κ1) is 17.1. The summed E-state index contributed by atoms with van der Waals surface area (Å²) in [5.41, 5.74) is 1.25. The van der Waals surface area contributed by atoms with E-state index in [1.165, 1.54) is 15.2 Å². The topological polar surface area (TPSA) is 24.2 Å². The number of thioether (sulfide) groups is 1. The number of carbonyl (C=O) groups is 1. The molecule has 0 atom stereocenters. The summed E-state index contributed by atoms with van der Waals surface area (Å²) in [6.07, 6.45) is 3.91. The minimum atomic E-state index is 0. The van der Waals surface area contributed by atoms with Crippen LogP contribution in [0.15, 0.2) is 41.9 Å². The van der Waals surface area contributed by atoms with Gasteiger partial charge in [-0.15, -0.1) is 6.58 Å². The zero-order valence-corrected chi connectivity index (χ0v) is 14.7. The minimum Gasteiger partial charge on any atom is -1.00 e. The van der Waals surface area contributed by atoms with Crippen molar-refractivity contribution in [3.05, 3.63) is 47.0 Å². The van der Waals surface area contributed by atoms with Gasteiger partial charge < -0.3 is 17.3 Å². The largest absolute Gasteiger partial charge is 1.00 e. The molecule has 2 aromatic rings. The number of benzene rings is 1. The molecular weight excluding hydrogens is 336 g/mol. The summed E-state index contributed by atoms with van der Waals surface area (Å²) in [4.78, 5) is 13.7. The third-order valence-corrected chi connectivity index (χ3v) is 5.56. The number of halogens is 1. The van der Waals surface area contributed by atoms with Crippen LogP contribution >= 0.6 is 23.1 Å². The third kappa shape index (κ3) is 3.07. The predicted molar refractivity (Wildman–Crippen MR) is 90.0 cm³/mol. The normalized spacial score (nSPS) is 16.3. The molecule has 1 aliphatic rings. The lowest BCUT2D eigenvalue weighted by molar-refractivity contribution is -0.665. The van der Waals surface area contributed by atoms with E-state index in [1.54, 1.807) is 29.2 Å². The van der Waals surface area contributed by atoms with Gasteiger partial charge in [0.1, 0.15) is 11.2 Å². The molecule has 3 nitrogen and oxygen atoms in total.